The molecule has 0 spiro atoms. The summed E-state index contributed by atoms with van der Waals surface area (Å²) in [5.74, 6) is 0. The lowest BCUT2D eigenvalue weighted by Crippen LogP contribution is -1.91. The maximum Gasteiger partial charge on any atom is 0.138 e. The Morgan fingerprint density at radius 3 is 1.15 bits per heavy atom. The summed E-state index contributed by atoms with van der Waals surface area (Å²) < 4.78 is 0. The van der Waals surface area contributed by atoms with Crippen LogP contribution in [0.1, 0.15) is 0 Å². The van der Waals surface area contributed by atoms with Crippen molar-refractivity contribution in [1.82, 2.24) is 9.97 Å². The van der Waals surface area contributed by atoms with E-state index in [-0.39, 0.29) is 0 Å². The Bertz CT molecular complexity index is 1630. The molecule has 164 valence electrons. The Balaban J connectivity index is 1.79. The summed E-state index contributed by atoms with van der Waals surface area (Å²) in [4.78, 5) is 8.54. The van der Waals surface area contributed by atoms with E-state index in [1.54, 1.807) is 12.1 Å². The van der Waals surface area contributed by atoms with Gasteiger partial charge in [0.1, 0.15) is 20.6 Å². The van der Waals surface area contributed by atoms with E-state index < -0.39 is 0 Å². The zero-order valence-corrected chi connectivity index (χ0v) is 20.5. The van der Waals surface area contributed by atoms with E-state index in [0.717, 1.165) is 54.6 Å². The molecular formula is C28H14Cl4N2. The molecule has 2 heterocycles. The summed E-state index contributed by atoms with van der Waals surface area (Å²) in [6, 6.07) is 28.3. The molecule has 0 amide bonds. The third kappa shape index (κ3) is 3.50. The van der Waals surface area contributed by atoms with Gasteiger partial charge in [0.25, 0.3) is 0 Å². The predicted molar refractivity (Wildman–Crippen MR) is 145 cm³/mol. The van der Waals surface area contributed by atoms with Crippen LogP contribution in [-0.2, 0) is 0 Å². The quantitative estimate of drug-likeness (QED) is 0.168. The van der Waals surface area contributed by atoms with E-state index >= 15 is 0 Å². The molecule has 6 rings (SSSR count). The van der Waals surface area contributed by atoms with Gasteiger partial charge in [-0.15, -0.1) is 0 Å². The van der Waals surface area contributed by atoms with Gasteiger partial charge in [-0.2, -0.15) is 0 Å². The minimum absolute atomic E-state index is 0.363. The van der Waals surface area contributed by atoms with Crippen molar-refractivity contribution >= 4 is 78.7 Å². The molecular weight excluding hydrogens is 506 g/mol. The molecule has 0 unspecified atom stereocenters. The highest BCUT2D eigenvalue weighted by molar-refractivity contribution is 6.36. The highest BCUT2D eigenvalue weighted by Crippen LogP contribution is 2.43. The van der Waals surface area contributed by atoms with E-state index in [1.165, 1.54) is 0 Å². The largest absolute Gasteiger partial charge is 0.224 e. The molecule has 0 N–H and O–H groups in total. The fourth-order valence-corrected chi connectivity index (χ4v) is 5.52. The Kier molecular flexibility index (Phi) is 5.35. The van der Waals surface area contributed by atoms with Crippen molar-refractivity contribution in [3.8, 4) is 22.3 Å². The van der Waals surface area contributed by atoms with Crippen molar-refractivity contribution in [3.63, 3.8) is 0 Å². The van der Waals surface area contributed by atoms with Crippen LogP contribution in [0.2, 0.25) is 20.6 Å². The van der Waals surface area contributed by atoms with Crippen molar-refractivity contribution in [2.75, 3.05) is 0 Å². The van der Waals surface area contributed by atoms with Gasteiger partial charge < -0.3 is 0 Å². The van der Waals surface area contributed by atoms with Gasteiger partial charge in [0, 0.05) is 11.1 Å². The van der Waals surface area contributed by atoms with Crippen molar-refractivity contribution in [2.45, 2.75) is 0 Å². The summed E-state index contributed by atoms with van der Waals surface area (Å²) >= 11 is 25.2. The maximum atomic E-state index is 6.54. The molecule has 0 aliphatic heterocycles. The van der Waals surface area contributed by atoms with Gasteiger partial charge >= 0.3 is 0 Å². The summed E-state index contributed by atoms with van der Waals surface area (Å²) in [6.07, 6.45) is 0. The summed E-state index contributed by atoms with van der Waals surface area (Å²) in [7, 11) is 0. The van der Waals surface area contributed by atoms with Crippen LogP contribution in [0.15, 0.2) is 84.9 Å². The zero-order chi connectivity index (χ0) is 23.4. The molecule has 0 saturated carbocycles. The molecule has 0 bridgehead atoms. The highest BCUT2D eigenvalue weighted by atomic mass is 35.5. The first-order valence-corrected chi connectivity index (χ1v) is 12.0. The minimum atomic E-state index is 0.363. The predicted octanol–water partition coefficient (Wildman–Crippen LogP) is 9.88. The van der Waals surface area contributed by atoms with Crippen LogP contribution in [-0.4, -0.2) is 9.97 Å². The molecule has 2 aromatic heterocycles. The van der Waals surface area contributed by atoms with Crippen LogP contribution in [0.4, 0.5) is 0 Å². The highest BCUT2D eigenvalue weighted by Gasteiger charge is 2.17. The minimum Gasteiger partial charge on any atom is -0.224 e. The number of rotatable bonds is 2. The molecule has 0 atom stereocenters. The SMILES string of the molecule is Clc1ccc(-c2cc3c4ccccc4c(-c4ccc(Cl)nc4Cl)cc3c3ccccc23)c(Cl)n1. The topological polar surface area (TPSA) is 25.8 Å². The number of fused-ring (bicyclic) bond motifs is 5. The van der Waals surface area contributed by atoms with E-state index in [9.17, 15) is 0 Å². The lowest BCUT2D eigenvalue weighted by Gasteiger charge is -2.16. The molecule has 4 aromatic carbocycles. The van der Waals surface area contributed by atoms with E-state index in [0.29, 0.717) is 20.6 Å². The Hall–Kier alpha value is -2.88. The molecule has 6 aromatic rings. The second-order valence-corrected chi connectivity index (χ2v) is 9.47. The van der Waals surface area contributed by atoms with Crippen LogP contribution in [0.25, 0.3) is 54.6 Å². The number of aromatic nitrogens is 2. The molecule has 0 radical (unpaired) electrons. The van der Waals surface area contributed by atoms with Crippen LogP contribution < -0.4 is 0 Å². The summed E-state index contributed by atoms with van der Waals surface area (Å²) in [6.45, 7) is 0. The average Bonchev–Trinajstić information content (AvgIpc) is 2.83. The van der Waals surface area contributed by atoms with Crippen molar-refractivity contribution in [3.05, 3.63) is 106 Å². The van der Waals surface area contributed by atoms with Crippen LogP contribution in [0.3, 0.4) is 0 Å². The van der Waals surface area contributed by atoms with Gasteiger partial charge in [0.05, 0.1) is 0 Å². The van der Waals surface area contributed by atoms with Crippen LogP contribution >= 0.6 is 46.4 Å². The molecule has 0 saturated heterocycles. The van der Waals surface area contributed by atoms with Crippen molar-refractivity contribution in [2.24, 2.45) is 0 Å². The third-order valence-corrected chi connectivity index (χ3v) is 7.09. The first kappa shape index (κ1) is 21.6. The van der Waals surface area contributed by atoms with Gasteiger partial charge in [-0.05, 0) is 79.8 Å². The fourth-order valence-electron chi connectivity index (χ4n) is 4.62. The fraction of sp³-hybridized carbons (Fsp3) is 0. The Morgan fingerprint density at radius 2 is 0.765 bits per heavy atom. The van der Waals surface area contributed by atoms with E-state index in [4.69, 9.17) is 46.4 Å². The van der Waals surface area contributed by atoms with Gasteiger partial charge in [0.2, 0.25) is 0 Å². The smallest absolute Gasteiger partial charge is 0.138 e. The first-order chi connectivity index (χ1) is 16.5. The monoisotopic (exact) mass is 518 g/mol. The van der Waals surface area contributed by atoms with Crippen LogP contribution in [0, 0.1) is 0 Å². The second-order valence-electron chi connectivity index (χ2n) is 7.98. The molecule has 34 heavy (non-hydrogen) atoms. The number of hydrogen-bond acceptors (Lipinski definition) is 2. The standard InChI is InChI=1S/C28H14Cl4N2/c29-25-11-9-19(27(31)33-25)21-13-24-18-8-4-2-6-16(18)22(20-10-12-26(30)34-28(20)32)14-23(24)17-7-3-1-5-15(17)21/h1-14H. The molecule has 6 heteroatoms. The van der Waals surface area contributed by atoms with Gasteiger partial charge in [-0.1, -0.05) is 94.9 Å². The maximum absolute atomic E-state index is 6.54. The molecule has 0 fully saturated rings. The number of hydrogen-bond donors (Lipinski definition) is 0. The van der Waals surface area contributed by atoms with Gasteiger partial charge in [-0.25, -0.2) is 9.97 Å². The van der Waals surface area contributed by atoms with E-state index in [1.807, 2.05) is 36.4 Å². The van der Waals surface area contributed by atoms with Crippen molar-refractivity contribution < 1.29 is 0 Å². The lowest BCUT2D eigenvalue weighted by molar-refractivity contribution is 1.33. The van der Waals surface area contributed by atoms with Gasteiger partial charge in [-0.3, -0.25) is 0 Å². The normalized spacial score (nSPS) is 11.5. The molecule has 2 nitrogen and oxygen atoms in total. The number of halogens is 4. The van der Waals surface area contributed by atoms with Crippen LogP contribution in [0.5, 0.6) is 0 Å². The van der Waals surface area contributed by atoms with Gasteiger partial charge in [0.15, 0.2) is 0 Å². The van der Waals surface area contributed by atoms with E-state index in [2.05, 4.69) is 46.4 Å². The average molecular weight is 520 g/mol. The molecule has 0 aliphatic rings. The zero-order valence-electron chi connectivity index (χ0n) is 17.5. The Morgan fingerprint density at radius 1 is 0.382 bits per heavy atom. The Labute approximate surface area is 215 Å². The van der Waals surface area contributed by atoms with Crippen molar-refractivity contribution in [1.29, 1.82) is 0 Å². The number of benzene rings is 4. The number of nitrogens with zero attached hydrogens (tertiary/aromatic N) is 2. The third-order valence-electron chi connectivity index (χ3n) is 6.09. The second kappa shape index (κ2) is 8.41. The lowest BCUT2D eigenvalue weighted by atomic mass is 9.88. The number of pyridine rings is 2. The summed E-state index contributed by atoms with van der Waals surface area (Å²) in [5.41, 5.74) is 3.67. The molecule has 0 aliphatic carbocycles. The first-order valence-electron chi connectivity index (χ1n) is 10.5. The summed E-state index contributed by atoms with van der Waals surface area (Å²) in [5, 5.41) is 8.04.